The summed E-state index contributed by atoms with van der Waals surface area (Å²) >= 11 is 0. The molecule has 3 N–H and O–H groups in total. The van der Waals surface area contributed by atoms with E-state index in [1.165, 1.54) is 6.92 Å². The Bertz CT molecular complexity index is 897. The van der Waals surface area contributed by atoms with E-state index >= 15 is 0 Å². The van der Waals surface area contributed by atoms with Crippen LogP contribution < -0.4 is 10.6 Å². The minimum atomic E-state index is -0.209. The number of nitrogens with one attached hydrogen (secondary N) is 3. The van der Waals surface area contributed by atoms with Gasteiger partial charge in [-0.05, 0) is 42.5 Å². The molecule has 3 rings (SSSR count). The van der Waals surface area contributed by atoms with Crippen LogP contribution in [0.15, 0.2) is 42.5 Å². The van der Waals surface area contributed by atoms with Crippen molar-refractivity contribution >= 4 is 34.2 Å². The van der Waals surface area contributed by atoms with E-state index in [1.54, 1.807) is 24.3 Å². The van der Waals surface area contributed by atoms with Gasteiger partial charge in [0.1, 0.15) is 5.82 Å². The van der Waals surface area contributed by atoms with Crippen molar-refractivity contribution in [1.82, 2.24) is 9.97 Å². The molecule has 0 saturated heterocycles. The first kappa shape index (κ1) is 15.7. The van der Waals surface area contributed by atoms with E-state index in [0.29, 0.717) is 16.9 Å². The summed E-state index contributed by atoms with van der Waals surface area (Å²) in [6, 6.07) is 12.3. The smallest absolute Gasteiger partial charge is 0.255 e. The molecule has 3 aromatic rings. The SMILES string of the molecule is CCc1nc2ccc(NC(=O)c3ccc(NC(C)=O)cc3)cc2[nH]1. The zero-order valence-corrected chi connectivity index (χ0v) is 13.5. The summed E-state index contributed by atoms with van der Waals surface area (Å²) in [5.41, 5.74) is 3.65. The Morgan fingerprint density at radius 2 is 1.75 bits per heavy atom. The molecule has 6 nitrogen and oxygen atoms in total. The van der Waals surface area contributed by atoms with Crippen LogP contribution in [0.25, 0.3) is 11.0 Å². The Kier molecular flexibility index (Phi) is 4.29. The van der Waals surface area contributed by atoms with Gasteiger partial charge in [0.25, 0.3) is 5.91 Å². The van der Waals surface area contributed by atoms with E-state index in [2.05, 4.69) is 20.6 Å². The van der Waals surface area contributed by atoms with Gasteiger partial charge >= 0.3 is 0 Å². The summed E-state index contributed by atoms with van der Waals surface area (Å²) in [6.45, 7) is 3.47. The second-order valence-electron chi connectivity index (χ2n) is 5.48. The fourth-order valence-corrected chi connectivity index (χ4v) is 2.42. The molecule has 6 heteroatoms. The lowest BCUT2D eigenvalue weighted by atomic mass is 10.2. The summed E-state index contributed by atoms with van der Waals surface area (Å²) in [5, 5.41) is 5.53. The van der Waals surface area contributed by atoms with E-state index in [9.17, 15) is 9.59 Å². The van der Waals surface area contributed by atoms with Gasteiger partial charge in [-0.2, -0.15) is 0 Å². The van der Waals surface area contributed by atoms with Crippen LogP contribution in [-0.2, 0) is 11.2 Å². The quantitative estimate of drug-likeness (QED) is 0.688. The second kappa shape index (κ2) is 6.54. The van der Waals surface area contributed by atoms with Crippen LogP contribution in [-0.4, -0.2) is 21.8 Å². The number of amides is 2. The van der Waals surface area contributed by atoms with Gasteiger partial charge in [0.05, 0.1) is 11.0 Å². The minimum absolute atomic E-state index is 0.147. The number of carbonyl (C=O) groups excluding carboxylic acids is 2. The van der Waals surface area contributed by atoms with Crippen LogP contribution in [0.2, 0.25) is 0 Å². The number of benzene rings is 2. The molecule has 0 aliphatic rings. The first-order valence-corrected chi connectivity index (χ1v) is 7.73. The number of nitrogens with zero attached hydrogens (tertiary/aromatic N) is 1. The first-order valence-electron chi connectivity index (χ1n) is 7.73. The Balaban J connectivity index is 1.75. The number of fused-ring (bicyclic) bond motifs is 1. The number of hydrogen-bond donors (Lipinski definition) is 3. The molecule has 0 bridgehead atoms. The molecule has 0 radical (unpaired) electrons. The third kappa shape index (κ3) is 3.43. The van der Waals surface area contributed by atoms with Gasteiger partial charge in [0.15, 0.2) is 0 Å². The average Bonchev–Trinajstić information content (AvgIpc) is 2.97. The maximum atomic E-state index is 12.3. The highest BCUT2D eigenvalue weighted by molar-refractivity contribution is 6.05. The number of hydrogen-bond acceptors (Lipinski definition) is 3. The number of rotatable bonds is 4. The van der Waals surface area contributed by atoms with Crippen molar-refractivity contribution in [3.8, 4) is 0 Å². The summed E-state index contributed by atoms with van der Waals surface area (Å²) in [4.78, 5) is 31.0. The zero-order valence-electron chi connectivity index (χ0n) is 13.5. The highest BCUT2D eigenvalue weighted by Gasteiger charge is 2.08. The summed E-state index contributed by atoms with van der Waals surface area (Å²) in [6.07, 6.45) is 0.830. The van der Waals surface area contributed by atoms with Crippen molar-refractivity contribution in [3.63, 3.8) is 0 Å². The number of H-pyrrole nitrogens is 1. The molecule has 0 saturated carbocycles. The van der Waals surface area contributed by atoms with E-state index in [-0.39, 0.29) is 11.8 Å². The number of aromatic nitrogens is 2. The standard InChI is InChI=1S/C18H18N4O2/c1-3-17-21-15-9-8-14(10-16(15)22-17)20-18(24)12-4-6-13(7-5-12)19-11(2)23/h4-10H,3H2,1-2H3,(H,19,23)(H,20,24)(H,21,22). The average molecular weight is 322 g/mol. The number of carbonyl (C=O) groups is 2. The maximum absolute atomic E-state index is 12.3. The van der Waals surface area contributed by atoms with Crippen LogP contribution in [0, 0.1) is 0 Å². The largest absolute Gasteiger partial charge is 0.342 e. The third-order valence-electron chi connectivity index (χ3n) is 3.59. The van der Waals surface area contributed by atoms with Gasteiger partial charge in [-0.25, -0.2) is 4.98 Å². The topological polar surface area (TPSA) is 86.9 Å². The molecule has 1 aromatic heterocycles. The fraction of sp³-hybridized carbons (Fsp3) is 0.167. The Morgan fingerprint density at radius 1 is 1.04 bits per heavy atom. The lowest BCUT2D eigenvalue weighted by molar-refractivity contribution is -0.114. The Hall–Kier alpha value is -3.15. The van der Waals surface area contributed by atoms with E-state index in [0.717, 1.165) is 23.3 Å². The highest BCUT2D eigenvalue weighted by Crippen LogP contribution is 2.18. The van der Waals surface area contributed by atoms with Gasteiger partial charge < -0.3 is 15.6 Å². The fourth-order valence-electron chi connectivity index (χ4n) is 2.42. The monoisotopic (exact) mass is 322 g/mol. The Morgan fingerprint density at radius 3 is 2.42 bits per heavy atom. The number of anilines is 2. The zero-order chi connectivity index (χ0) is 17.1. The van der Waals surface area contributed by atoms with Crippen molar-refractivity contribution < 1.29 is 9.59 Å². The molecule has 122 valence electrons. The maximum Gasteiger partial charge on any atom is 0.255 e. The molecule has 0 fully saturated rings. The molecule has 0 unspecified atom stereocenters. The molecule has 2 aromatic carbocycles. The van der Waals surface area contributed by atoms with Crippen LogP contribution >= 0.6 is 0 Å². The van der Waals surface area contributed by atoms with Gasteiger partial charge in [0, 0.05) is 30.3 Å². The van der Waals surface area contributed by atoms with Crippen LogP contribution in [0.4, 0.5) is 11.4 Å². The molecule has 0 spiro atoms. The normalized spacial score (nSPS) is 10.6. The summed E-state index contributed by atoms with van der Waals surface area (Å²) < 4.78 is 0. The molecule has 0 atom stereocenters. The Labute approximate surface area is 139 Å². The van der Waals surface area contributed by atoms with Crippen molar-refractivity contribution in [2.24, 2.45) is 0 Å². The number of imidazole rings is 1. The van der Waals surface area contributed by atoms with Crippen LogP contribution in [0.3, 0.4) is 0 Å². The first-order chi connectivity index (χ1) is 11.5. The number of aryl methyl sites for hydroxylation is 1. The molecular formula is C18H18N4O2. The van der Waals surface area contributed by atoms with Crippen molar-refractivity contribution in [1.29, 1.82) is 0 Å². The molecule has 1 heterocycles. The highest BCUT2D eigenvalue weighted by atomic mass is 16.2. The molecule has 0 aliphatic carbocycles. The summed E-state index contributed by atoms with van der Waals surface area (Å²) in [7, 11) is 0. The molecule has 2 amide bonds. The van der Waals surface area contributed by atoms with Gasteiger partial charge in [0.2, 0.25) is 5.91 Å². The molecule has 24 heavy (non-hydrogen) atoms. The molecule has 0 aliphatic heterocycles. The lowest BCUT2D eigenvalue weighted by Crippen LogP contribution is -2.12. The lowest BCUT2D eigenvalue weighted by Gasteiger charge is -2.07. The summed E-state index contributed by atoms with van der Waals surface area (Å²) in [5.74, 6) is 0.563. The van der Waals surface area contributed by atoms with Crippen LogP contribution in [0.5, 0.6) is 0 Å². The predicted molar refractivity (Wildman–Crippen MR) is 94.2 cm³/mol. The van der Waals surface area contributed by atoms with Gasteiger partial charge in [-0.1, -0.05) is 6.92 Å². The number of aromatic amines is 1. The van der Waals surface area contributed by atoms with E-state index in [1.807, 2.05) is 25.1 Å². The molecular weight excluding hydrogens is 304 g/mol. The van der Waals surface area contributed by atoms with E-state index < -0.39 is 0 Å². The van der Waals surface area contributed by atoms with Crippen molar-refractivity contribution in [2.45, 2.75) is 20.3 Å². The predicted octanol–water partition coefficient (Wildman–Crippen LogP) is 3.34. The van der Waals surface area contributed by atoms with E-state index in [4.69, 9.17) is 0 Å². The van der Waals surface area contributed by atoms with Gasteiger partial charge in [-0.15, -0.1) is 0 Å². The van der Waals surface area contributed by atoms with Crippen molar-refractivity contribution in [2.75, 3.05) is 10.6 Å². The van der Waals surface area contributed by atoms with Crippen molar-refractivity contribution in [3.05, 3.63) is 53.9 Å². The van der Waals surface area contributed by atoms with Gasteiger partial charge in [-0.3, -0.25) is 9.59 Å². The third-order valence-corrected chi connectivity index (χ3v) is 3.59. The van der Waals surface area contributed by atoms with Crippen LogP contribution in [0.1, 0.15) is 30.0 Å². The minimum Gasteiger partial charge on any atom is -0.342 e. The second-order valence-corrected chi connectivity index (χ2v) is 5.48.